The van der Waals surface area contributed by atoms with Crippen molar-refractivity contribution >= 4 is 5.82 Å². The third-order valence-corrected chi connectivity index (χ3v) is 2.04. The van der Waals surface area contributed by atoms with E-state index in [2.05, 4.69) is 15.3 Å². The van der Waals surface area contributed by atoms with E-state index in [0.29, 0.717) is 12.4 Å². The van der Waals surface area contributed by atoms with Crippen LogP contribution in [0.25, 0.3) is 0 Å². The minimum Gasteiger partial charge on any atom is -0.391 e. The van der Waals surface area contributed by atoms with Crippen molar-refractivity contribution in [2.45, 2.75) is 26.9 Å². The van der Waals surface area contributed by atoms with Gasteiger partial charge in [0.25, 0.3) is 0 Å². The Hall–Kier alpha value is -1.16. The number of rotatable bonds is 3. The summed E-state index contributed by atoms with van der Waals surface area (Å²) in [7, 11) is 0. The largest absolute Gasteiger partial charge is 0.391 e. The third kappa shape index (κ3) is 3.30. The van der Waals surface area contributed by atoms with Crippen LogP contribution in [-0.4, -0.2) is 27.7 Å². The Bertz CT molecular complexity index is 268. The predicted octanol–water partition coefficient (Wildman–Crippen LogP) is 1.30. The molecular weight excluding hydrogens is 178 g/mol. The van der Waals surface area contributed by atoms with Crippen LogP contribution in [0.4, 0.5) is 5.82 Å². The van der Waals surface area contributed by atoms with E-state index in [9.17, 15) is 5.11 Å². The zero-order valence-electron chi connectivity index (χ0n) is 8.86. The van der Waals surface area contributed by atoms with Gasteiger partial charge in [-0.3, -0.25) is 4.98 Å². The molecule has 1 unspecified atom stereocenters. The van der Waals surface area contributed by atoms with E-state index in [1.54, 1.807) is 18.6 Å². The first-order valence-electron chi connectivity index (χ1n) is 4.68. The van der Waals surface area contributed by atoms with Gasteiger partial charge in [-0.25, -0.2) is 4.98 Å². The molecule has 78 valence electrons. The van der Waals surface area contributed by atoms with Crippen LogP contribution in [0.1, 0.15) is 20.8 Å². The van der Waals surface area contributed by atoms with E-state index in [1.807, 2.05) is 20.8 Å². The molecule has 0 bridgehead atoms. The first kappa shape index (κ1) is 10.9. The lowest BCUT2D eigenvalue weighted by molar-refractivity contribution is 0.0745. The molecule has 0 spiro atoms. The van der Waals surface area contributed by atoms with Crippen LogP contribution in [0.15, 0.2) is 18.6 Å². The second-order valence-electron chi connectivity index (χ2n) is 4.35. The fraction of sp³-hybridized carbons (Fsp3) is 0.600. The highest BCUT2D eigenvalue weighted by atomic mass is 16.3. The Kier molecular flexibility index (Phi) is 3.41. The molecular formula is C10H17N3O. The highest BCUT2D eigenvalue weighted by Gasteiger charge is 2.21. The van der Waals surface area contributed by atoms with Crippen LogP contribution in [-0.2, 0) is 0 Å². The molecule has 4 nitrogen and oxygen atoms in total. The Labute approximate surface area is 84.4 Å². The van der Waals surface area contributed by atoms with Gasteiger partial charge in [0, 0.05) is 18.9 Å². The predicted molar refractivity (Wildman–Crippen MR) is 56.0 cm³/mol. The molecule has 0 radical (unpaired) electrons. The molecule has 0 fully saturated rings. The van der Waals surface area contributed by atoms with Gasteiger partial charge in [0.15, 0.2) is 0 Å². The molecule has 0 aromatic carbocycles. The minimum atomic E-state index is -0.399. The lowest BCUT2D eigenvalue weighted by Gasteiger charge is -2.25. The number of hydrogen-bond acceptors (Lipinski definition) is 4. The molecule has 1 rings (SSSR count). The van der Waals surface area contributed by atoms with Gasteiger partial charge < -0.3 is 10.4 Å². The first-order chi connectivity index (χ1) is 6.50. The standard InChI is InChI=1S/C10H17N3O/c1-10(2,3)8(14)6-13-9-7-11-4-5-12-9/h4-5,7-8,14H,6H2,1-3H3,(H,12,13). The monoisotopic (exact) mass is 195 g/mol. The summed E-state index contributed by atoms with van der Waals surface area (Å²) in [6, 6.07) is 0. The molecule has 0 aliphatic rings. The van der Waals surface area contributed by atoms with Gasteiger partial charge in [-0.15, -0.1) is 0 Å². The van der Waals surface area contributed by atoms with Crippen LogP contribution in [0.2, 0.25) is 0 Å². The van der Waals surface area contributed by atoms with Gasteiger partial charge in [-0.05, 0) is 5.41 Å². The molecule has 1 aromatic heterocycles. The summed E-state index contributed by atoms with van der Waals surface area (Å²) in [5.41, 5.74) is -0.116. The fourth-order valence-electron chi connectivity index (χ4n) is 0.898. The van der Waals surface area contributed by atoms with E-state index < -0.39 is 6.10 Å². The molecule has 0 amide bonds. The molecule has 14 heavy (non-hydrogen) atoms. The maximum Gasteiger partial charge on any atom is 0.144 e. The molecule has 2 N–H and O–H groups in total. The van der Waals surface area contributed by atoms with Crippen LogP contribution >= 0.6 is 0 Å². The summed E-state index contributed by atoms with van der Waals surface area (Å²) < 4.78 is 0. The lowest BCUT2D eigenvalue weighted by atomic mass is 9.89. The average Bonchev–Trinajstić information content (AvgIpc) is 2.14. The van der Waals surface area contributed by atoms with Crippen molar-refractivity contribution in [3.8, 4) is 0 Å². The van der Waals surface area contributed by atoms with Gasteiger partial charge in [0.05, 0.1) is 12.3 Å². The summed E-state index contributed by atoms with van der Waals surface area (Å²) in [5, 5.41) is 12.8. The summed E-state index contributed by atoms with van der Waals surface area (Å²) in [5.74, 6) is 0.691. The van der Waals surface area contributed by atoms with Crippen molar-refractivity contribution in [2.75, 3.05) is 11.9 Å². The number of nitrogens with zero attached hydrogens (tertiary/aromatic N) is 2. The number of nitrogens with one attached hydrogen (secondary N) is 1. The van der Waals surface area contributed by atoms with Crippen LogP contribution in [0.5, 0.6) is 0 Å². The van der Waals surface area contributed by atoms with Crippen molar-refractivity contribution in [3.63, 3.8) is 0 Å². The SMILES string of the molecule is CC(C)(C)C(O)CNc1cnccn1. The maximum atomic E-state index is 9.74. The highest BCUT2D eigenvalue weighted by Crippen LogP contribution is 2.18. The molecule has 4 heteroatoms. The second kappa shape index (κ2) is 4.37. The molecule has 0 saturated carbocycles. The quantitative estimate of drug-likeness (QED) is 0.763. The Morgan fingerprint density at radius 3 is 2.64 bits per heavy atom. The summed E-state index contributed by atoms with van der Waals surface area (Å²) in [4.78, 5) is 7.97. The normalized spacial score (nSPS) is 13.7. The highest BCUT2D eigenvalue weighted by molar-refractivity contribution is 5.29. The van der Waals surface area contributed by atoms with E-state index in [0.717, 1.165) is 0 Å². The number of hydrogen-bond donors (Lipinski definition) is 2. The topological polar surface area (TPSA) is 58.0 Å². The Morgan fingerprint density at radius 2 is 2.14 bits per heavy atom. The summed E-state index contributed by atoms with van der Waals surface area (Å²) >= 11 is 0. The lowest BCUT2D eigenvalue weighted by Crippen LogP contribution is -2.33. The zero-order chi connectivity index (χ0) is 10.6. The van der Waals surface area contributed by atoms with E-state index in [-0.39, 0.29) is 5.41 Å². The maximum absolute atomic E-state index is 9.74. The molecule has 1 heterocycles. The van der Waals surface area contributed by atoms with Gasteiger partial charge in [-0.1, -0.05) is 20.8 Å². The molecule has 0 aliphatic heterocycles. The smallest absolute Gasteiger partial charge is 0.144 e. The van der Waals surface area contributed by atoms with Crippen molar-refractivity contribution in [1.29, 1.82) is 0 Å². The summed E-state index contributed by atoms with van der Waals surface area (Å²) in [6.07, 6.45) is 4.47. The minimum absolute atomic E-state index is 0.116. The zero-order valence-corrected chi connectivity index (χ0v) is 8.86. The van der Waals surface area contributed by atoms with Crippen molar-refractivity contribution in [2.24, 2.45) is 5.41 Å². The van der Waals surface area contributed by atoms with E-state index >= 15 is 0 Å². The van der Waals surface area contributed by atoms with Gasteiger partial charge in [0.1, 0.15) is 5.82 Å². The fourth-order valence-corrected chi connectivity index (χ4v) is 0.898. The van der Waals surface area contributed by atoms with Crippen molar-refractivity contribution < 1.29 is 5.11 Å². The second-order valence-corrected chi connectivity index (χ2v) is 4.35. The average molecular weight is 195 g/mol. The number of anilines is 1. The van der Waals surface area contributed by atoms with Gasteiger partial charge in [-0.2, -0.15) is 0 Å². The number of aliphatic hydroxyl groups excluding tert-OH is 1. The number of aliphatic hydroxyl groups is 1. The molecule has 1 aromatic rings. The van der Waals surface area contributed by atoms with Crippen LogP contribution < -0.4 is 5.32 Å². The molecule has 0 saturated heterocycles. The molecule has 1 atom stereocenters. The van der Waals surface area contributed by atoms with Crippen molar-refractivity contribution in [3.05, 3.63) is 18.6 Å². The van der Waals surface area contributed by atoms with E-state index in [1.165, 1.54) is 0 Å². The molecule has 0 aliphatic carbocycles. The Balaban J connectivity index is 2.42. The van der Waals surface area contributed by atoms with Gasteiger partial charge in [0.2, 0.25) is 0 Å². The third-order valence-electron chi connectivity index (χ3n) is 2.04. The Morgan fingerprint density at radius 1 is 1.43 bits per heavy atom. The van der Waals surface area contributed by atoms with Gasteiger partial charge >= 0.3 is 0 Å². The van der Waals surface area contributed by atoms with Crippen LogP contribution in [0, 0.1) is 5.41 Å². The van der Waals surface area contributed by atoms with Crippen molar-refractivity contribution in [1.82, 2.24) is 9.97 Å². The number of aromatic nitrogens is 2. The van der Waals surface area contributed by atoms with Crippen LogP contribution in [0.3, 0.4) is 0 Å². The van der Waals surface area contributed by atoms with E-state index in [4.69, 9.17) is 0 Å². The summed E-state index contributed by atoms with van der Waals surface area (Å²) in [6.45, 7) is 6.48. The first-order valence-corrected chi connectivity index (χ1v) is 4.68.